The fourth-order valence-corrected chi connectivity index (χ4v) is 2.65. The van der Waals surface area contributed by atoms with Crippen LogP contribution in [0.1, 0.15) is 0 Å². The predicted molar refractivity (Wildman–Crippen MR) is 76.5 cm³/mol. The number of anilines is 2. The van der Waals surface area contributed by atoms with Crippen LogP contribution in [-0.4, -0.2) is 25.4 Å². The molecule has 0 amide bonds. The summed E-state index contributed by atoms with van der Waals surface area (Å²) < 4.78 is 40.4. The Morgan fingerprint density at radius 2 is 1.90 bits per heavy atom. The molecule has 1 aromatic carbocycles. The second-order valence-corrected chi connectivity index (χ2v) is 6.32. The highest BCUT2D eigenvalue weighted by molar-refractivity contribution is 9.10. The minimum Gasteiger partial charge on any atom is -0.357 e. The number of nitrogens with one attached hydrogen (secondary N) is 2. The smallest absolute Gasteiger partial charge is 0.265 e. The fraction of sp³-hybridized carbons (Fsp3) is 0.0909. The van der Waals surface area contributed by atoms with Crippen molar-refractivity contribution in [2.75, 3.05) is 17.1 Å². The molecule has 0 radical (unpaired) electrons. The molecule has 0 aliphatic carbocycles. The molecule has 20 heavy (non-hydrogen) atoms. The summed E-state index contributed by atoms with van der Waals surface area (Å²) >= 11 is 3.09. The quantitative estimate of drug-likeness (QED) is 0.873. The van der Waals surface area contributed by atoms with Crippen LogP contribution in [0.15, 0.2) is 40.0 Å². The number of aromatic nitrogens is 2. The Balaban J connectivity index is 2.30. The van der Waals surface area contributed by atoms with Crippen molar-refractivity contribution in [2.45, 2.75) is 4.90 Å². The number of hydrogen-bond acceptors (Lipinski definition) is 5. The first-order chi connectivity index (χ1) is 9.42. The Bertz CT molecular complexity index is 722. The molecule has 2 rings (SSSR count). The van der Waals surface area contributed by atoms with E-state index in [2.05, 4.69) is 35.9 Å². The summed E-state index contributed by atoms with van der Waals surface area (Å²) in [7, 11) is -2.32. The van der Waals surface area contributed by atoms with Crippen LogP contribution in [0.4, 0.5) is 16.0 Å². The van der Waals surface area contributed by atoms with Crippen molar-refractivity contribution in [2.24, 2.45) is 0 Å². The van der Waals surface area contributed by atoms with Crippen LogP contribution in [0.2, 0.25) is 0 Å². The first-order valence-corrected chi connectivity index (χ1v) is 7.67. The van der Waals surface area contributed by atoms with E-state index in [0.29, 0.717) is 10.4 Å². The first-order valence-electron chi connectivity index (χ1n) is 5.40. The van der Waals surface area contributed by atoms with Gasteiger partial charge in [0.2, 0.25) is 5.95 Å². The molecular weight excluding hydrogens is 351 g/mol. The standard InChI is InChI=1S/C11H10BrFN4O2S/c1-14-11-15-5-8(6-16-11)20(18,19)17-10-3-2-7(12)4-9(10)13/h2-6,17H,1H3,(H,14,15,16). The lowest BCUT2D eigenvalue weighted by Gasteiger charge is -2.09. The molecule has 2 N–H and O–H groups in total. The monoisotopic (exact) mass is 360 g/mol. The van der Waals surface area contributed by atoms with Crippen LogP contribution in [0.5, 0.6) is 0 Å². The molecular formula is C11H10BrFN4O2S. The van der Waals surface area contributed by atoms with E-state index in [1.54, 1.807) is 7.05 Å². The van der Waals surface area contributed by atoms with Gasteiger partial charge in [0.1, 0.15) is 10.7 Å². The molecule has 0 unspecified atom stereocenters. The van der Waals surface area contributed by atoms with Gasteiger partial charge in [0, 0.05) is 11.5 Å². The average Bonchev–Trinajstić information content (AvgIpc) is 2.42. The van der Waals surface area contributed by atoms with Gasteiger partial charge in [0.15, 0.2) is 0 Å². The molecule has 0 bridgehead atoms. The molecule has 0 spiro atoms. The third-order valence-corrected chi connectivity index (χ3v) is 4.15. The Morgan fingerprint density at radius 3 is 2.45 bits per heavy atom. The number of halogens is 2. The molecule has 0 aliphatic rings. The topological polar surface area (TPSA) is 84.0 Å². The van der Waals surface area contributed by atoms with E-state index in [1.165, 1.54) is 18.2 Å². The van der Waals surface area contributed by atoms with E-state index < -0.39 is 15.8 Å². The molecule has 0 fully saturated rings. The van der Waals surface area contributed by atoms with Crippen molar-refractivity contribution in [3.05, 3.63) is 40.9 Å². The Labute approximate surface area is 123 Å². The SMILES string of the molecule is CNc1ncc(S(=O)(=O)Nc2ccc(Br)cc2F)cn1. The van der Waals surface area contributed by atoms with Crippen molar-refractivity contribution in [1.82, 2.24) is 9.97 Å². The summed E-state index contributed by atoms with van der Waals surface area (Å²) in [5, 5.41) is 2.67. The summed E-state index contributed by atoms with van der Waals surface area (Å²) in [6, 6.07) is 4.01. The second-order valence-electron chi connectivity index (χ2n) is 3.72. The number of benzene rings is 1. The largest absolute Gasteiger partial charge is 0.357 e. The van der Waals surface area contributed by atoms with Gasteiger partial charge < -0.3 is 5.32 Å². The van der Waals surface area contributed by atoms with Gasteiger partial charge in [-0.3, -0.25) is 4.72 Å². The first kappa shape index (κ1) is 14.7. The maximum absolute atomic E-state index is 13.6. The van der Waals surface area contributed by atoms with Crippen molar-refractivity contribution in [3.63, 3.8) is 0 Å². The van der Waals surface area contributed by atoms with E-state index in [0.717, 1.165) is 12.4 Å². The van der Waals surface area contributed by atoms with Crippen LogP contribution in [-0.2, 0) is 10.0 Å². The lowest BCUT2D eigenvalue weighted by Crippen LogP contribution is -2.15. The Morgan fingerprint density at radius 1 is 1.25 bits per heavy atom. The lowest BCUT2D eigenvalue weighted by atomic mass is 10.3. The Hall–Kier alpha value is -1.74. The molecule has 1 aromatic heterocycles. The summed E-state index contributed by atoms with van der Waals surface area (Å²) in [4.78, 5) is 7.44. The molecule has 6 nitrogen and oxygen atoms in total. The average molecular weight is 361 g/mol. The normalized spacial score (nSPS) is 11.2. The number of sulfonamides is 1. The molecule has 0 aliphatic heterocycles. The highest BCUT2D eigenvalue weighted by Crippen LogP contribution is 2.22. The van der Waals surface area contributed by atoms with E-state index in [4.69, 9.17) is 0 Å². The van der Waals surface area contributed by atoms with Crippen LogP contribution in [0, 0.1) is 5.82 Å². The zero-order valence-electron chi connectivity index (χ0n) is 10.3. The van der Waals surface area contributed by atoms with Gasteiger partial charge in [0.25, 0.3) is 10.0 Å². The van der Waals surface area contributed by atoms with Crippen LogP contribution < -0.4 is 10.0 Å². The van der Waals surface area contributed by atoms with Gasteiger partial charge in [-0.1, -0.05) is 15.9 Å². The van der Waals surface area contributed by atoms with Crippen molar-refractivity contribution in [1.29, 1.82) is 0 Å². The van der Waals surface area contributed by atoms with E-state index >= 15 is 0 Å². The summed E-state index contributed by atoms with van der Waals surface area (Å²) in [5.41, 5.74) is -0.147. The number of nitrogens with zero attached hydrogens (tertiary/aromatic N) is 2. The molecule has 1 heterocycles. The predicted octanol–water partition coefficient (Wildman–Crippen LogP) is 2.22. The third-order valence-electron chi connectivity index (χ3n) is 2.34. The molecule has 0 saturated carbocycles. The van der Waals surface area contributed by atoms with Crippen molar-refractivity contribution >= 4 is 37.6 Å². The Kier molecular flexibility index (Phi) is 4.19. The fourth-order valence-electron chi connectivity index (χ4n) is 1.36. The summed E-state index contributed by atoms with van der Waals surface area (Å²) in [6.45, 7) is 0. The van der Waals surface area contributed by atoms with E-state index in [9.17, 15) is 12.8 Å². The highest BCUT2D eigenvalue weighted by atomic mass is 79.9. The van der Waals surface area contributed by atoms with Crippen LogP contribution >= 0.6 is 15.9 Å². The van der Waals surface area contributed by atoms with Gasteiger partial charge in [-0.2, -0.15) is 0 Å². The minimum absolute atomic E-state index is 0.147. The van der Waals surface area contributed by atoms with Crippen molar-refractivity contribution < 1.29 is 12.8 Å². The van der Waals surface area contributed by atoms with Crippen molar-refractivity contribution in [3.8, 4) is 0 Å². The van der Waals surface area contributed by atoms with E-state index in [1.807, 2.05) is 0 Å². The van der Waals surface area contributed by atoms with Gasteiger partial charge in [-0.15, -0.1) is 0 Å². The van der Waals surface area contributed by atoms with Gasteiger partial charge in [0.05, 0.1) is 18.1 Å². The second kappa shape index (κ2) is 5.71. The maximum Gasteiger partial charge on any atom is 0.265 e. The van der Waals surface area contributed by atoms with Gasteiger partial charge in [-0.05, 0) is 18.2 Å². The van der Waals surface area contributed by atoms with Gasteiger partial charge in [-0.25, -0.2) is 22.8 Å². The zero-order chi connectivity index (χ0) is 14.8. The van der Waals surface area contributed by atoms with Crippen LogP contribution in [0.25, 0.3) is 0 Å². The molecule has 9 heteroatoms. The molecule has 0 saturated heterocycles. The highest BCUT2D eigenvalue weighted by Gasteiger charge is 2.17. The number of rotatable bonds is 4. The van der Waals surface area contributed by atoms with E-state index in [-0.39, 0.29) is 10.6 Å². The zero-order valence-corrected chi connectivity index (χ0v) is 12.7. The molecule has 2 aromatic rings. The molecule has 106 valence electrons. The minimum atomic E-state index is -3.93. The molecule has 0 atom stereocenters. The lowest BCUT2D eigenvalue weighted by molar-refractivity contribution is 0.597. The van der Waals surface area contributed by atoms with Crippen LogP contribution in [0.3, 0.4) is 0 Å². The number of hydrogen-bond donors (Lipinski definition) is 2. The summed E-state index contributed by atoms with van der Waals surface area (Å²) in [6.07, 6.45) is 2.27. The maximum atomic E-state index is 13.6. The van der Waals surface area contributed by atoms with Gasteiger partial charge >= 0.3 is 0 Å². The third kappa shape index (κ3) is 3.23. The summed E-state index contributed by atoms with van der Waals surface area (Å²) in [5.74, 6) is -0.394.